The maximum absolute atomic E-state index is 12.3. The number of aliphatic carboxylic acids is 1. The fraction of sp³-hybridized carbons (Fsp3) is 0.333. The molecule has 0 saturated carbocycles. The number of nitrogens with one attached hydrogen (secondary N) is 1. The highest BCUT2D eigenvalue weighted by molar-refractivity contribution is 7.89. The Morgan fingerprint density at radius 3 is 2.62 bits per heavy atom. The summed E-state index contributed by atoms with van der Waals surface area (Å²) in [6.45, 7) is 3.01. The van der Waals surface area contributed by atoms with Gasteiger partial charge in [0.05, 0.1) is 0 Å². The zero-order chi connectivity index (χ0) is 16.2. The summed E-state index contributed by atoms with van der Waals surface area (Å²) in [7, 11) is -0.902. The molecule has 9 heteroatoms. The van der Waals surface area contributed by atoms with Crippen molar-refractivity contribution < 1.29 is 23.1 Å². The van der Waals surface area contributed by atoms with Gasteiger partial charge >= 0.3 is 5.97 Å². The van der Waals surface area contributed by atoms with Crippen LogP contribution in [-0.2, 0) is 21.9 Å². The summed E-state index contributed by atoms with van der Waals surface area (Å²) in [6, 6.07) is 1.20. The van der Waals surface area contributed by atoms with Gasteiger partial charge in [0, 0.05) is 19.8 Å². The number of carboxylic acids is 1. The van der Waals surface area contributed by atoms with Crippen LogP contribution in [0.15, 0.2) is 29.8 Å². The van der Waals surface area contributed by atoms with Gasteiger partial charge in [0.2, 0.25) is 10.0 Å². The van der Waals surface area contributed by atoms with E-state index in [9.17, 15) is 18.0 Å². The summed E-state index contributed by atoms with van der Waals surface area (Å²) in [5.41, 5.74) is 0.0759. The highest BCUT2D eigenvalue weighted by Gasteiger charge is 2.23. The smallest absolute Gasteiger partial charge is 0.323 e. The van der Waals surface area contributed by atoms with E-state index in [1.165, 1.54) is 37.0 Å². The number of hydrogen-bond acceptors (Lipinski definition) is 4. The van der Waals surface area contributed by atoms with Crippen molar-refractivity contribution in [1.29, 1.82) is 0 Å². The molecule has 0 spiro atoms. The van der Waals surface area contributed by atoms with E-state index in [4.69, 9.17) is 5.11 Å². The van der Waals surface area contributed by atoms with Gasteiger partial charge in [-0.1, -0.05) is 6.08 Å². The van der Waals surface area contributed by atoms with Crippen molar-refractivity contribution >= 4 is 21.9 Å². The average molecular weight is 315 g/mol. The fourth-order valence-corrected chi connectivity index (χ4v) is 2.51. The van der Waals surface area contributed by atoms with Crippen LogP contribution in [-0.4, -0.2) is 55.0 Å². The van der Waals surface area contributed by atoms with Gasteiger partial charge in [0.15, 0.2) is 0 Å². The third kappa shape index (κ3) is 3.92. The van der Waals surface area contributed by atoms with Crippen molar-refractivity contribution in [2.24, 2.45) is 7.05 Å². The molecule has 21 heavy (non-hydrogen) atoms. The highest BCUT2D eigenvalue weighted by atomic mass is 32.2. The Hall–Kier alpha value is -2.13. The van der Waals surface area contributed by atoms with Crippen molar-refractivity contribution in [2.45, 2.75) is 4.90 Å². The topological polar surface area (TPSA) is 109 Å². The summed E-state index contributed by atoms with van der Waals surface area (Å²) in [5, 5.41) is 8.81. The number of carbonyl (C=O) groups is 2. The van der Waals surface area contributed by atoms with Gasteiger partial charge in [0.1, 0.15) is 17.1 Å². The molecule has 0 saturated heterocycles. The number of nitrogens with zero attached hydrogens (tertiary/aromatic N) is 2. The molecule has 8 nitrogen and oxygen atoms in total. The molecule has 0 aliphatic rings. The van der Waals surface area contributed by atoms with Gasteiger partial charge in [-0.05, 0) is 13.1 Å². The molecule has 0 aliphatic carbocycles. The number of carboxylic acid groups (broad SMARTS) is 1. The van der Waals surface area contributed by atoms with Crippen LogP contribution < -0.4 is 4.72 Å². The lowest BCUT2D eigenvalue weighted by Gasteiger charge is -2.18. The normalized spacial score (nSPS) is 11.1. The van der Waals surface area contributed by atoms with Crippen molar-refractivity contribution in [3.05, 3.63) is 30.6 Å². The van der Waals surface area contributed by atoms with Gasteiger partial charge in [-0.25, -0.2) is 13.1 Å². The zero-order valence-electron chi connectivity index (χ0n) is 11.7. The second-order valence-electron chi connectivity index (χ2n) is 4.25. The minimum atomic E-state index is -3.67. The fourth-order valence-electron chi connectivity index (χ4n) is 1.71. The number of aryl methyl sites for hydroxylation is 1. The van der Waals surface area contributed by atoms with Gasteiger partial charge in [-0.15, -0.1) is 6.58 Å². The Bertz CT molecular complexity index is 662. The SMILES string of the molecule is C=CCN(CC(=O)O)C(=O)c1cc(S(=O)(=O)NC)cn1C. The van der Waals surface area contributed by atoms with E-state index in [2.05, 4.69) is 11.3 Å². The minimum absolute atomic E-state index is 0.0461. The summed E-state index contributed by atoms with van der Waals surface area (Å²) >= 11 is 0. The van der Waals surface area contributed by atoms with Gasteiger partial charge in [-0.3, -0.25) is 9.59 Å². The van der Waals surface area contributed by atoms with Gasteiger partial charge in [0.25, 0.3) is 5.91 Å². The van der Waals surface area contributed by atoms with E-state index in [0.717, 1.165) is 4.90 Å². The summed E-state index contributed by atoms with van der Waals surface area (Å²) < 4.78 is 26.9. The van der Waals surface area contributed by atoms with Crippen molar-refractivity contribution in [3.8, 4) is 0 Å². The van der Waals surface area contributed by atoms with Crippen LogP contribution in [0.2, 0.25) is 0 Å². The maximum Gasteiger partial charge on any atom is 0.323 e. The number of sulfonamides is 1. The molecular formula is C12H17N3O5S. The maximum atomic E-state index is 12.3. The molecule has 0 radical (unpaired) electrons. The van der Waals surface area contributed by atoms with Gasteiger partial charge < -0.3 is 14.6 Å². The quantitative estimate of drug-likeness (QED) is 0.668. The first kappa shape index (κ1) is 16.9. The van der Waals surface area contributed by atoms with Crippen LogP contribution >= 0.6 is 0 Å². The number of hydrogen-bond donors (Lipinski definition) is 2. The Balaban J connectivity index is 3.17. The Kier molecular flexibility index (Phi) is 5.28. The molecule has 116 valence electrons. The third-order valence-corrected chi connectivity index (χ3v) is 4.12. The average Bonchev–Trinajstić information content (AvgIpc) is 2.80. The molecule has 1 aromatic rings. The molecule has 0 bridgehead atoms. The number of rotatable bonds is 7. The molecule has 2 N–H and O–H groups in total. The van der Waals surface area contributed by atoms with E-state index in [1.807, 2.05) is 0 Å². The second-order valence-corrected chi connectivity index (χ2v) is 6.13. The number of aromatic nitrogens is 1. The summed E-state index contributed by atoms with van der Waals surface area (Å²) in [5.74, 6) is -1.75. The van der Waals surface area contributed by atoms with Crippen molar-refractivity contribution in [1.82, 2.24) is 14.2 Å². The largest absolute Gasteiger partial charge is 0.480 e. The molecule has 0 aliphatic heterocycles. The molecule has 0 unspecified atom stereocenters. The first-order valence-corrected chi connectivity index (χ1v) is 7.43. The lowest BCUT2D eigenvalue weighted by atomic mass is 10.3. The molecular weight excluding hydrogens is 298 g/mol. The monoisotopic (exact) mass is 315 g/mol. The predicted molar refractivity (Wildman–Crippen MR) is 75.4 cm³/mol. The lowest BCUT2D eigenvalue weighted by Crippen LogP contribution is -2.36. The van der Waals surface area contributed by atoms with E-state index in [0.29, 0.717) is 0 Å². The van der Waals surface area contributed by atoms with Gasteiger partial charge in [-0.2, -0.15) is 0 Å². The van der Waals surface area contributed by atoms with Crippen LogP contribution in [0.1, 0.15) is 10.5 Å². The van der Waals surface area contributed by atoms with E-state index in [1.54, 1.807) is 0 Å². The Morgan fingerprint density at radius 1 is 1.52 bits per heavy atom. The predicted octanol–water partition coefficient (Wildman–Crippen LogP) is -0.354. The first-order chi connectivity index (χ1) is 9.72. The highest BCUT2D eigenvalue weighted by Crippen LogP contribution is 2.15. The Morgan fingerprint density at radius 2 is 2.14 bits per heavy atom. The van der Waals surface area contributed by atoms with Crippen molar-refractivity contribution in [2.75, 3.05) is 20.1 Å². The summed E-state index contributed by atoms with van der Waals surface area (Å²) in [4.78, 5) is 24.1. The van der Waals surface area contributed by atoms with E-state index < -0.39 is 28.4 Å². The number of amides is 1. The Labute approximate surface area is 122 Å². The van der Waals surface area contributed by atoms with E-state index >= 15 is 0 Å². The minimum Gasteiger partial charge on any atom is -0.480 e. The van der Waals surface area contributed by atoms with Crippen LogP contribution in [0.3, 0.4) is 0 Å². The molecule has 1 heterocycles. The molecule has 0 aromatic carbocycles. The lowest BCUT2D eigenvalue weighted by molar-refractivity contribution is -0.137. The molecule has 1 aromatic heterocycles. The summed E-state index contributed by atoms with van der Waals surface area (Å²) in [6.07, 6.45) is 2.68. The molecule has 0 fully saturated rings. The van der Waals surface area contributed by atoms with E-state index in [-0.39, 0.29) is 17.1 Å². The van der Waals surface area contributed by atoms with Crippen LogP contribution in [0.25, 0.3) is 0 Å². The first-order valence-electron chi connectivity index (χ1n) is 5.94. The number of carbonyl (C=O) groups excluding carboxylic acids is 1. The molecule has 0 atom stereocenters. The standard InChI is InChI=1S/C12H17N3O5S/c1-4-5-15(8-11(16)17)12(18)10-6-9(7-14(10)3)21(19,20)13-2/h4,6-7,13H,1,5,8H2,2-3H3,(H,16,17). The molecule has 1 rings (SSSR count). The van der Waals surface area contributed by atoms with Crippen LogP contribution in [0.4, 0.5) is 0 Å². The van der Waals surface area contributed by atoms with Crippen molar-refractivity contribution in [3.63, 3.8) is 0 Å². The van der Waals surface area contributed by atoms with Crippen LogP contribution in [0.5, 0.6) is 0 Å². The zero-order valence-corrected chi connectivity index (χ0v) is 12.6. The molecule has 1 amide bonds. The third-order valence-electron chi connectivity index (χ3n) is 2.74. The van der Waals surface area contributed by atoms with Crippen LogP contribution in [0, 0.1) is 0 Å². The second kappa shape index (κ2) is 6.55.